The van der Waals surface area contributed by atoms with E-state index in [1.807, 2.05) is 6.92 Å². The first-order valence-electron chi connectivity index (χ1n) is 6.32. The topological polar surface area (TPSA) is 89.3 Å². The number of nitrogens with one attached hydrogen (secondary N) is 2. The second-order valence-electron chi connectivity index (χ2n) is 4.52. The van der Waals surface area contributed by atoms with Gasteiger partial charge in [0.25, 0.3) is 0 Å². The van der Waals surface area contributed by atoms with Crippen molar-refractivity contribution in [3.63, 3.8) is 0 Å². The van der Waals surface area contributed by atoms with Gasteiger partial charge in [-0.25, -0.2) is 4.98 Å². The van der Waals surface area contributed by atoms with Crippen LogP contribution in [0.5, 0.6) is 0 Å². The molecule has 0 unspecified atom stereocenters. The Morgan fingerprint density at radius 1 is 1.53 bits per heavy atom. The molecule has 104 valence electrons. The number of anilines is 2. The Labute approximate surface area is 111 Å². The summed E-state index contributed by atoms with van der Waals surface area (Å²) in [6.07, 6.45) is 1.94. The SMILES string of the molecule is CCNc1ccc([N+](=O)[O-])c(NC2CC(OC)C2)n1. The van der Waals surface area contributed by atoms with Crippen molar-refractivity contribution in [2.24, 2.45) is 0 Å². The lowest BCUT2D eigenvalue weighted by Crippen LogP contribution is -2.40. The van der Waals surface area contributed by atoms with Gasteiger partial charge in [0.2, 0.25) is 5.82 Å². The Kier molecular flexibility index (Phi) is 4.16. The van der Waals surface area contributed by atoms with Gasteiger partial charge in [-0.1, -0.05) is 0 Å². The molecule has 1 aliphatic carbocycles. The average molecular weight is 266 g/mol. The van der Waals surface area contributed by atoms with Crippen molar-refractivity contribution < 1.29 is 9.66 Å². The summed E-state index contributed by atoms with van der Waals surface area (Å²) in [7, 11) is 1.67. The minimum Gasteiger partial charge on any atom is -0.381 e. The van der Waals surface area contributed by atoms with Crippen LogP contribution in [0.3, 0.4) is 0 Å². The summed E-state index contributed by atoms with van der Waals surface area (Å²) in [6.45, 7) is 2.67. The summed E-state index contributed by atoms with van der Waals surface area (Å²) < 4.78 is 5.19. The molecule has 0 atom stereocenters. The Balaban J connectivity index is 2.11. The molecule has 7 heteroatoms. The van der Waals surface area contributed by atoms with Gasteiger partial charge in [-0.2, -0.15) is 0 Å². The van der Waals surface area contributed by atoms with Crippen LogP contribution in [0.15, 0.2) is 12.1 Å². The van der Waals surface area contributed by atoms with E-state index < -0.39 is 4.92 Å². The Hall–Kier alpha value is -1.89. The summed E-state index contributed by atoms with van der Waals surface area (Å²) >= 11 is 0. The quantitative estimate of drug-likeness (QED) is 0.604. The van der Waals surface area contributed by atoms with Crippen LogP contribution < -0.4 is 10.6 Å². The van der Waals surface area contributed by atoms with E-state index in [1.54, 1.807) is 13.2 Å². The fourth-order valence-corrected chi connectivity index (χ4v) is 2.05. The molecule has 0 saturated heterocycles. The van der Waals surface area contributed by atoms with Crippen LogP contribution in [0.2, 0.25) is 0 Å². The number of ether oxygens (including phenoxy) is 1. The highest BCUT2D eigenvalue weighted by Gasteiger charge is 2.31. The van der Waals surface area contributed by atoms with Crippen molar-refractivity contribution in [2.45, 2.75) is 31.9 Å². The molecule has 1 aliphatic rings. The van der Waals surface area contributed by atoms with Crippen LogP contribution in [0.25, 0.3) is 0 Å². The molecule has 1 saturated carbocycles. The predicted octanol–water partition coefficient (Wildman–Crippen LogP) is 2.01. The van der Waals surface area contributed by atoms with Crippen molar-refractivity contribution in [1.29, 1.82) is 0 Å². The van der Waals surface area contributed by atoms with E-state index >= 15 is 0 Å². The van der Waals surface area contributed by atoms with Crippen molar-refractivity contribution in [1.82, 2.24) is 4.98 Å². The van der Waals surface area contributed by atoms with Crippen molar-refractivity contribution in [3.05, 3.63) is 22.2 Å². The second kappa shape index (κ2) is 5.83. The largest absolute Gasteiger partial charge is 0.381 e. The van der Waals surface area contributed by atoms with Gasteiger partial charge in [-0.05, 0) is 25.8 Å². The molecule has 0 aromatic carbocycles. The number of nitro groups is 1. The fourth-order valence-electron chi connectivity index (χ4n) is 2.05. The van der Waals surface area contributed by atoms with Crippen molar-refractivity contribution in [2.75, 3.05) is 24.3 Å². The fraction of sp³-hybridized carbons (Fsp3) is 0.583. The zero-order valence-electron chi connectivity index (χ0n) is 11.0. The minimum absolute atomic E-state index is 0.00233. The van der Waals surface area contributed by atoms with Gasteiger partial charge in [0, 0.05) is 25.8 Å². The van der Waals surface area contributed by atoms with E-state index in [0.29, 0.717) is 11.6 Å². The summed E-state index contributed by atoms with van der Waals surface area (Å²) in [5.74, 6) is 0.959. The minimum atomic E-state index is -0.419. The van der Waals surface area contributed by atoms with Crippen molar-refractivity contribution in [3.8, 4) is 0 Å². The Morgan fingerprint density at radius 3 is 2.84 bits per heavy atom. The maximum Gasteiger partial charge on any atom is 0.311 e. The maximum absolute atomic E-state index is 11.0. The number of nitrogens with zero attached hydrogens (tertiary/aromatic N) is 2. The smallest absolute Gasteiger partial charge is 0.311 e. The number of methoxy groups -OCH3 is 1. The molecule has 19 heavy (non-hydrogen) atoms. The normalized spacial score (nSPS) is 21.6. The monoisotopic (exact) mass is 266 g/mol. The molecule has 2 N–H and O–H groups in total. The molecular formula is C12H18N4O3. The third-order valence-electron chi connectivity index (χ3n) is 3.20. The number of pyridine rings is 1. The molecule has 0 aliphatic heterocycles. The molecule has 0 spiro atoms. The summed E-state index contributed by atoms with van der Waals surface area (Å²) in [5, 5.41) is 17.1. The Bertz CT molecular complexity index is 460. The number of hydrogen-bond donors (Lipinski definition) is 2. The molecule has 1 fully saturated rings. The highest BCUT2D eigenvalue weighted by molar-refractivity contribution is 5.60. The van der Waals surface area contributed by atoms with E-state index in [-0.39, 0.29) is 17.8 Å². The predicted molar refractivity (Wildman–Crippen MR) is 72.5 cm³/mol. The van der Waals surface area contributed by atoms with Gasteiger partial charge in [0.05, 0.1) is 11.0 Å². The van der Waals surface area contributed by atoms with Gasteiger partial charge in [-0.15, -0.1) is 0 Å². The highest BCUT2D eigenvalue weighted by atomic mass is 16.6. The molecule has 1 aromatic heterocycles. The van der Waals surface area contributed by atoms with Crippen LogP contribution in [-0.4, -0.2) is 35.7 Å². The molecule has 0 bridgehead atoms. The molecule has 0 amide bonds. The second-order valence-corrected chi connectivity index (χ2v) is 4.52. The molecule has 1 heterocycles. The van der Waals surface area contributed by atoms with Gasteiger partial charge in [0.15, 0.2) is 0 Å². The Morgan fingerprint density at radius 2 is 2.26 bits per heavy atom. The third kappa shape index (κ3) is 3.11. The average Bonchev–Trinajstić information content (AvgIpc) is 2.33. The summed E-state index contributed by atoms with van der Waals surface area (Å²) in [6, 6.07) is 3.28. The number of rotatable bonds is 6. The first-order chi connectivity index (χ1) is 9.13. The van der Waals surface area contributed by atoms with Gasteiger partial charge in [-0.3, -0.25) is 10.1 Å². The molecular weight excluding hydrogens is 248 g/mol. The maximum atomic E-state index is 11.0. The van der Waals surface area contributed by atoms with E-state index in [2.05, 4.69) is 15.6 Å². The molecule has 0 radical (unpaired) electrons. The molecule has 2 rings (SSSR count). The van der Waals surface area contributed by atoms with Gasteiger partial charge < -0.3 is 15.4 Å². The molecule has 7 nitrogen and oxygen atoms in total. The summed E-state index contributed by atoms with van der Waals surface area (Å²) in [4.78, 5) is 14.8. The van der Waals surface area contributed by atoms with Crippen molar-refractivity contribution >= 4 is 17.3 Å². The lowest BCUT2D eigenvalue weighted by atomic mass is 9.89. The van der Waals surface area contributed by atoms with Crippen LogP contribution in [0, 0.1) is 10.1 Å². The van der Waals surface area contributed by atoms with Crippen LogP contribution >= 0.6 is 0 Å². The zero-order valence-corrected chi connectivity index (χ0v) is 11.0. The lowest BCUT2D eigenvalue weighted by Gasteiger charge is -2.34. The summed E-state index contributed by atoms with van der Waals surface area (Å²) in [5.41, 5.74) is 0.00233. The van der Waals surface area contributed by atoms with Crippen LogP contribution in [-0.2, 0) is 4.74 Å². The van der Waals surface area contributed by atoms with E-state index in [9.17, 15) is 10.1 Å². The standard InChI is InChI=1S/C12H18N4O3/c1-3-13-11-5-4-10(16(17)18)12(15-11)14-8-6-9(7-8)19-2/h4-5,8-9H,3,6-7H2,1-2H3,(H2,13,14,15). The highest BCUT2D eigenvalue weighted by Crippen LogP contribution is 2.30. The number of hydrogen-bond acceptors (Lipinski definition) is 6. The van der Waals surface area contributed by atoms with Crippen LogP contribution in [0.4, 0.5) is 17.3 Å². The zero-order chi connectivity index (χ0) is 13.8. The first-order valence-corrected chi connectivity index (χ1v) is 6.32. The third-order valence-corrected chi connectivity index (χ3v) is 3.20. The van der Waals surface area contributed by atoms with Gasteiger partial charge in [0.1, 0.15) is 5.82 Å². The van der Waals surface area contributed by atoms with E-state index in [1.165, 1.54) is 6.07 Å². The lowest BCUT2D eigenvalue weighted by molar-refractivity contribution is -0.384. The molecule has 1 aromatic rings. The first kappa shape index (κ1) is 13.5. The number of aromatic nitrogens is 1. The van der Waals surface area contributed by atoms with Gasteiger partial charge >= 0.3 is 5.69 Å². The van der Waals surface area contributed by atoms with E-state index in [4.69, 9.17) is 4.74 Å². The van der Waals surface area contributed by atoms with Crippen LogP contribution in [0.1, 0.15) is 19.8 Å². The van der Waals surface area contributed by atoms with E-state index in [0.717, 1.165) is 19.4 Å².